The van der Waals surface area contributed by atoms with Crippen LogP contribution in [0.2, 0.25) is 0 Å². The van der Waals surface area contributed by atoms with Gasteiger partial charge in [0.25, 0.3) is 0 Å². The third-order valence-electron chi connectivity index (χ3n) is 10.7. The minimum atomic E-state index is 0.590. The van der Waals surface area contributed by atoms with E-state index < -0.39 is 0 Å². The first-order valence-corrected chi connectivity index (χ1v) is 19.6. The van der Waals surface area contributed by atoms with Gasteiger partial charge in [0.1, 0.15) is 0 Å². The highest BCUT2D eigenvalue weighted by atomic mass is 32.1. The normalized spacial score (nSPS) is 11.6. The van der Waals surface area contributed by atoms with E-state index in [4.69, 9.17) is 15.0 Å². The van der Waals surface area contributed by atoms with E-state index in [1.165, 1.54) is 48.0 Å². The van der Waals surface area contributed by atoms with Gasteiger partial charge in [0.05, 0.1) is 11.0 Å². The SMILES string of the molecule is c1ccc(-c2cc(-c3ccc(-c4nc(-c5ccccc5)nc(-n5c6ccccc6c6ccccc65)n4)cc3)c3sc4c(-c5ccccc5)cccc4c3c2)cc1. The second kappa shape index (κ2) is 13.3. The molecule has 3 heterocycles. The lowest BCUT2D eigenvalue weighted by Crippen LogP contribution is -2.06. The van der Waals surface area contributed by atoms with Gasteiger partial charge in [-0.15, -0.1) is 11.3 Å². The molecule has 0 saturated heterocycles. The number of para-hydroxylation sites is 2. The van der Waals surface area contributed by atoms with E-state index in [2.05, 4.69) is 180 Å². The number of hydrogen-bond acceptors (Lipinski definition) is 4. The van der Waals surface area contributed by atoms with Crippen molar-refractivity contribution in [2.45, 2.75) is 0 Å². The van der Waals surface area contributed by atoms with Gasteiger partial charge in [-0.25, -0.2) is 4.98 Å². The fourth-order valence-electron chi connectivity index (χ4n) is 8.00. The van der Waals surface area contributed by atoms with Gasteiger partial charge < -0.3 is 0 Å². The molecule has 262 valence electrons. The Labute approximate surface area is 327 Å². The van der Waals surface area contributed by atoms with E-state index >= 15 is 0 Å². The summed E-state index contributed by atoms with van der Waals surface area (Å²) in [5.41, 5.74) is 11.2. The Bertz CT molecular complexity index is 3170. The lowest BCUT2D eigenvalue weighted by Gasteiger charge is -2.12. The molecule has 0 radical (unpaired) electrons. The van der Waals surface area contributed by atoms with Crippen LogP contribution < -0.4 is 0 Å². The van der Waals surface area contributed by atoms with Crippen molar-refractivity contribution in [2.24, 2.45) is 0 Å². The van der Waals surface area contributed by atoms with Crippen LogP contribution in [0.1, 0.15) is 0 Å². The number of thiophene rings is 1. The van der Waals surface area contributed by atoms with Crippen LogP contribution in [0.25, 0.3) is 104 Å². The fourth-order valence-corrected chi connectivity index (χ4v) is 9.36. The first-order chi connectivity index (χ1) is 27.8. The summed E-state index contributed by atoms with van der Waals surface area (Å²) in [6, 6.07) is 68.6. The number of benzene rings is 8. The average Bonchev–Trinajstić information content (AvgIpc) is 3.83. The van der Waals surface area contributed by atoms with Crippen molar-refractivity contribution in [2.75, 3.05) is 0 Å². The molecule has 56 heavy (non-hydrogen) atoms. The van der Waals surface area contributed by atoms with Gasteiger partial charge in [-0.2, -0.15) is 9.97 Å². The van der Waals surface area contributed by atoms with E-state index in [-0.39, 0.29) is 0 Å². The summed E-state index contributed by atoms with van der Waals surface area (Å²) in [7, 11) is 0. The van der Waals surface area contributed by atoms with Gasteiger partial charge in [-0.1, -0.05) is 170 Å². The van der Waals surface area contributed by atoms with Gasteiger partial charge >= 0.3 is 0 Å². The third kappa shape index (κ3) is 5.40. The Morgan fingerprint density at radius 3 is 1.45 bits per heavy atom. The Morgan fingerprint density at radius 1 is 0.321 bits per heavy atom. The summed E-state index contributed by atoms with van der Waals surface area (Å²) in [4.78, 5) is 15.4. The quantitative estimate of drug-likeness (QED) is 0.171. The zero-order chi connectivity index (χ0) is 37.0. The number of nitrogens with zero attached hydrogens (tertiary/aromatic N) is 4. The standard InChI is InChI=1S/C51H32N4S/c1-4-15-33(16-5-1)38-31-43(48-44(32-38)42-24-14-23-39(47(42)56-48)34-17-6-2-7-18-34)35-27-29-37(30-28-35)50-52-49(36-19-8-3-9-20-36)53-51(54-50)55-45-25-12-10-21-40(45)41-22-11-13-26-46(41)55/h1-32H. The first kappa shape index (κ1) is 32.2. The van der Waals surface area contributed by atoms with E-state index in [1.54, 1.807) is 0 Å². The van der Waals surface area contributed by atoms with E-state index in [1.807, 2.05) is 29.5 Å². The molecule has 0 bridgehead atoms. The molecule has 8 aromatic carbocycles. The Morgan fingerprint density at radius 2 is 0.804 bits per heavy atom. The van der Waals surface area contributed by atoms with Gasteiger partial charge in [-0.05, 0) is 52.1 Å². The zero-order valence-electron chi connectivity index (χ0n) is 30.2. The molecule has 0 unspecified atom stereocenters. The highest BCUT2D eigenvalue weighted by Crippen LogP contribution is 2.46. The minimum Gasteiger partial charge on any atom is -0.278 e. The van der Waals surface area contributed by atoms with Gasteiger partial charge in [0.2, 0.25) is 5.95 Å². The molecule has 0 amide bonds. The zero-order valence-corrected chi connectivity index (χ0v) is 31.0. The second-order valence-corrected chi connectivity index (χ2v) is 15.0. The van der Waals surface area contributed by atoms with Crippen LogP contribution in [0.15, 0.2) is 194 Å². The number of fused-ring (bicyclic) bond motifs is 6. The maximum absolute atomic E-state index is 5.19. The average molecular weight is 733 g/mol. The summed E-state index contributed by atoms with van der Waals surface area (Å²) in [6.45, 7) is 0. The first-order valence-electron chi connectivity index (χ1n) is 18.8. The number of rotatable bonds is 6. The predicted molar refractivity (Wildman–Crippen MR) is 234 cm³/mol. The molecule has 5 heteroatoms. The van der Waals surface area contributed by atoms with E-state index in [9.17, 15) is 0 Å². The van der Waals surface area contributed by atoms with Crippen LogP contribution >= 0.6 is 11.3 Å². The van der Waals surface area contributed by atoms with E-state index in [0.29, 0.717) is 17.6 Å². The maximum Gasteiger partial charge on any atom is 0.238 e. The molecule has 0 N–H and O–H groups in total. The topological polar surface area (TPSA) is 43.6 Å². The molecule has 0 aliphatic heterocycles. The van der Waals surface area contributed by atoms with Crippen molar-refractivity contribution < 1.29 is 0 Å². The molecule has 11 rings (SSSR count). The fraction of sp³-hybridized carbons (Fsp3) is 0. The molecule has 0 spiro atoms. The van der Waals surface area contributed by atoms with Gasteiger partial charge in [-0.3, -0.25) is 4.57 Å². The molecule has 4 nitrogen and oxygen atoms in total. The second-order valence-electron chi connectivity index (χ2n) is 14.0. The van der Waals surface area contributed by atoms with Gasteiger partial charge in [0.15, 0.2) is 11.6 Å². The highest BCUT2D eigenvalue weighted by molar-refractivity contribution is 7.26. The lowest BCUT2D eigenvalue weighted by molar-refractivity contribution is 0.953. The van der Waals surface area contributed by atoms with Crippen LogP contribution in [-0.2, 0) is 0 Å². The van der Waals surface area contributed by atoms with Crippen molar-refractivity contribution in [1.29, 1.82) is 0 Å². The molecule has 0 aliphatic rings. The lowest BCUT2D eigenvalue weighted by atomic mass is 9.95. The maximum atomic E-state index is 5.19. The van der Waals surface area contributed by atoms with E-state index in [0.717, 1.165) is 38.5 Å². The summed E-state index contributed by atoms with van der Waals surface area (Å²) < 4.78 is 4.73. The van der Waals surface area contributed by atoms with Crippen molar-refractivity contribution in [1.82, 2.24) is 19.5 Å². The summed E-state index contributed by atoms with van der Waals surface area (Å²) in [5.74, 6) is 1.85. The van der Waals surface area contributed by atoms with Crippen LogP contribution in [0, 0.1) is 0 Å². The monoisotopic (exact) mass is 732 g/mol. The number of hydrogen-bond donors (Lipinski definition) is 0. The predicted octanol–water partition coefficient (Wildman–Crippen LogP) is 13.7. The Balaban J connectivity index is 1.09. The smallest absolute Gasteiger partial charge is 0.238 e. The summed E-state index contributed by atoms with van der Waals surface area (Å²) in [6.07, 6.45) is 0. The van der Waals surface area contributed by atoms with Crippen LogP contribution in [0.3, 0.4) is 0 Å². The molecule has 0 saturated carbocycles. The van der Waals surface area contributed by atoms with Crippen molar-refractivity contribution in [3.05, 3.63) is 194 Å². The van der Waals surface area contributed by atoms with Crippen molar-refractivity contribution in [3.8, 4) is 62.1 Å². The van der Waals surface area contributed by atoms with Gasteiger partial charge in [0, 0.05) is 47.6 Å². The molecular formula is C51H32N4S. The minimum absolute atomic E-state index is 0.590. The van der Waals surface area contributed by atoms with Crippen molar-refractivity contribution in [3.63, 3.8) is 0 Å². The summed E-state index contributed by atoms with van der Waals surface area (Å²) >= 11 is 1.88. The Hall–Kier alpha value is -7.21. The van der Waals surface area contributed by atoms with Crippen LogP contribution in [0.4, 0.5) is 0 Å². The molecule has 0 atom stereocenters. The molecule has 0 fully saturated rings. The molecular weight excluding hydrogens is 701 g/mol. The van der Waals surface area contributed by atoms with Crippen LogP contribution in [-0.4, -0.2) is 19.5 Å². The largest absolute Gasteiger partial charge is 0.278 e. The Kier molecular flexibility index (Phi) is 7.64. The molecule has 11 aromatic rings. The van der Waals surface area contributed by atoms with Crippen LogP contribution in [0.5, 0.6) is 0 Å². The van der Waals surface area contributed by atoms with Crippen molar-refractivity contribution >= 4 is 53.3 Å². The molecule has 0 aliphatic carbocycles. The highest BCUT2D eigenvalue weighted by Gasteiger charge is 2.19. The molecule has 3 aromatic heterocycles. The number of aromatic nitrogens is 4. The summed E-state index contributed by atoms with van der Waals surface area (Å²) in [5, 5.41) is 4.87. The third-order valence-corrected chi connectivity index (χ3v) is 12.0.